The minimum Gasteiger partial charge on any atom is -0.618 e. The van der Waals surface area contributed by atoms with Crippen LogP contribution in [0.1, 0.15) is 11.1 Å². The van der Waals surface area contributed by atoms with Gasteiger partial charge in [0.05, 0.1) is 0 Å². The lowest BCUT2D eigenvalue weighted by molar-refractivity contribution is -0.354. The van der Waals surface area contributed by atoms with Crippen LogP contribution in [0.25, 0.3) is 0 Å². The summed E-state index contributed by atoms with van der Waals surface area (Å²) in [4.78, 5) is 0. The van der Waals surface area contributed by atoms with E-state index in [1.807, 2.05) is 6.07 Å². The van der Waals surface area contributed by atoms with Crippen LogP contribution < -0.4 is 0 Å². The molecule has 2 nitrogen and oxygen atoms in total. The van der Waals surface area contributed by atoms with Crippen LogP contribution in [0.2, 0.25) is 0 Å². The molecule has 0 aliphatic carbocycles. The van der Waals surface area contributed by atoms with E-state index >= 15 is 0 Å². The largest absolute Gasteiger partial charge is 0.618 e. The van der Waals surface area contributed by atoms with Crippen LogP contribution >= 0.6 is 0 Å². The standard InChI is InChI=1S/C14H12FNO/c1-11-9-12(7-8-14(11)15)10-16(17)13-5-3-2-4-6-13/h2-10H,1H3. The van der Waals surface area contributed by atoms with Crippen LogP contribution in [0.15, 0.2) is 48.5 Å². The van der Waals surface area contributed by atoms with Crippen molar-refractivity contribution < 1.29 is 9.13 Å². The van der Waals surface area contributed by atoms with Gasteiger partial charge in [-0.25, -0.2) is 4.39 Å². The highest BCUT2D eigenvalue weighted by molar-refractivity contribution is 5.76. The van der Waals surface area contributed by atoms with Gasteiger partial charge in [-0.3, -0.25) is 0 Å². The van der Waals surface area contributed by atoms with Crippen molar-refractivity contribution >= 4 is 11.9 Å². The maximum absolute atomic E-state index is 13.1. The molecule has 0 aliphatic rings. The third-order valence-corrected chi connectivity index (χ3v) is 2.46. The molecule has 0 spiro atoms. The third-order valence-electron chi connectivity index (χ3n) is 2.46. The van der Waals surface area contributed by atoms with Gasteiger partial charge < -0.3 is 5.21 Å². The molecule has 0 aromatic heterocycles. The van der Waals surface area contributed by atoms with Gasteiger partial charge in [-0.2, -0.15) is 4.74 Å². The van der Waals surface area contributed by atoms with Gasteiger partial charge in [0.25, 0.3) is 0 Å². The van der Waals surface area contributed by atoms with Crippen LogP contribution in [0.4, 0.5) is 10.1 Å². The summed E-state index contributed by atoms with van der Waals surface area (Å²) in [6.45, 7) is 1.67. The molecule has 17 heavy (non-hydrogen) atoms. The van der Waals surface area contributed by atoms with Crippen LogP contribution in [0.3, 0.4) is 0 Å². The van der Waals surface area contributed by atoms with Gasteiger partial charge in [0, 0.05) is 17.7 Å². The number of hydrogen-bond donors (Lipinski definition) is 0. The summed E-state index contributed by atoms with van der Waals surface area (Å²) < 4.78 is 13.8. The Kier molecular flexibility index (Phi) is 3.19. The third kappa shape index (κ3) is 2.69. The first-order chi connectivity index (χ1) is 8.16. The first kappa shape index (κ1) is 11.3. The van der Waals surface area contributed by atoms with Crippen LogP contribution in [-0.2, 0) is 0 Å². The normalized spacial score (nSPS) is 11.5. The molecule has 3 heteroatoms. The summed E-state index contributed by atoms with van der Waals surface area (Å²) in [7, 11) is 0. The van der Waals surface area contributed by atoms with Gasteiger partial charge in [0.15, 0.2) is 6.21 Å². The maximum atomic E-state index is 13.1. The van der Waals surface area contributed by atoms with E-state index in [2.05, 4.69) is 0 Å². The molecule has 0 aliphatic heterocycles. The van der Waals surface area contributed by atoms with Gasteiger partial charge >= 0.3 is 0 Å². The van der Waals surface area contributed by atoms with Crippen molar-refractivity contribution in [1.29, 1.82) is 0 Å². The molecule has 0 atom stereocenters. The Balaban J connectivity index is 2.33. The zero-order chi connectivity index (χ0) is 12.3. The van der Waals surface area contributed by atoms with E-state index in [0.29, 0.717) is 16.8 Å². The summed E-state index contributed by atoms with van der Waals surface area (Å²) in [5.74, 6) is -0.265. The smallest absolute Gasteiger partial charge is 0.216 e. The van der Waals surface area contributed by atoms with Crippen molar-refractivity contribution in [2.24, 2.45) is 0 Å². The Labute approximate surface area is 99.2 Å². The molecule has 0 saturated carbocycles. The second-order valence-electron chi connectivity index (χ2n) is 3.80. The second-order valence-corrected chi connectivity index (χ2v) is 3.80. The fraction of sp³-hybridized carbons (Fsp3) is 0.0714. The molecule has 0 heterocycles. The number of rotatable bonds is 2. The van der Waals surface area contributed by atoms with E-state index in [-0.39, 0.29) is 5.82 Å². The molecule has 0 unspecified atom stereocenters. The average Bonchev–Trinajstić information content (AvgIpc) is 2.35. The molecule has 0 fully saturated rings. The molecular weight excluding hydrogens is 217 g/mol. The van der Waals surface area contributed by atoms with Crippen molar-refractivity contribution in [3.8, 4) is 0 Å². The lowest BCUT2D eigenvalue weighted by Gasteiger charge is -2.03. The van der Waals surface area contributed by atoms with Gasteiger partial charge in [-0.1, -0.05) is 18.2 Å². The second kappa shape index (κ2) is 4.78. The van der Waals surface area contributed by atoms with Gasteiger partial charge in [-0.15, -0.1) is 0 Å². The number of halogens is 1. The predicted octanol–water partition coefficient (Wildman–Crippen LogP) is 3.40. The first-order valence-corrected chi connectivity index (χ1v) is 5.29. The fourth-order valence-electron chi connectivity index (χ4n) is 1.53. The number of nitrogens with zero attached hydrogens (tertiary/aromatic N) is 1. The highest BCUT2D eigenvalue weighted by Gasteiger charge is 2.02. The van der Waals surface area contributed by atoms with Crippen molar-refractivity contribution in [3.63, 3.8) is 0 Å². The Morgan fingerprint density at radius 1 is 1.12 bits per heavy atom. The van der Waals surface area contributed by atoms with Crippen LogP contribution in [-0.4, -0.2) is 11.0 Å². The molecule has 2 rings (SSSR count). The average molecular weight is 229 g/mol. The summed E-state index contributed by atoms with van der Waals surface area (Å²) in [6, 6.07) is 13.5. The topological polar surface area (TPSA) is 26.1 Å². The van der Waals surface area contributed by atoms with E-state index in [1.165, 1.54) is 12.3 Å². The molecule has 2 aromatic rings. The molecule has 86 valence electrons. The van der Waals surface area contributed by atoms with E-state index in [4.69, 9.17) is 0 Å². The number of hydrogen-bond acceptors (Lipinski definition) is 1. The molecular formula is C14H12FNO. The molecule has 0 saturated heterocycles. The Morgan fingerprint density at radius 3 is 2.47 bits per heavy atom. The zero-order valence-corrected chi connectivity index (χ0v) is 9.43. The van der Waals surface area contributed by atoms with Gasteiger partial charge in [0.1, 0.15) is 5.82 Å². The minimum atomic E-state index is -0.265. The summed E-state index contributed by atoms with van der Waals surface area (Å²) >= 11 is 0. The fourth-order valence-corrected chi connectivity index (χ4v) is 1.53. The Hall–Kier alpha value is -2.16. The quantitative estimate of drug-likeness (QED) is 0.335. The van der Waals surface area contributed by atoms with Crippen molar-refractivity contribution in [3.05, 3.63) is 70.7 Å². The zero-order valence-electron chi connectivity index (χ0n) is 9.43. The maximum Gasteiger partial charge on any atom is 0.216 e. The number of aryl methyl sites for hydroxylation is 1. The SMILES string of the molecule is Cc1cc(C=[N+]([O-])c2ccccc2)ccc1F. The number of benzene rings is 2. The van der Waals surface area contributed by atoms with Crippen molar-refractivity contribution in [1.82, 2.24) is 0 Å². The lowest BCUT2D eigenvalue weighted by atomic mass is 10.1. The lowest BCUT2D eigenvalue weighted by Crippen LogP contribution is -1.99. The molecule has 0 amide bonds. The number of para-hydroxylation sites is 1. The predicted molar refractivity (Wildman–Crippen MR) is 66.0 cm³/mol. The monoisotopic (exact) mass is 229 g/mol. The highest BCUT2D eigenvalue weighted by atomic mass is 19.1. The molecule has 0 bridgehead atoms. The Morgan fingerprint density at radius 2 is 1.82 bits per heavy atom. The van der Waals surface area contributed by atoms with Crippen LogP contribution in [0, 0.1) is 17.9 Å². The Bertz CT molecular complexity index is 549. The van der Waals surface area contributed by atoms with E-state index < -0.39 is 0 Å². The summed E-state index contributed by atoms with van der Waals surface area (Å²) in [6.07, 6.45) is 1.43. The van der Waals surface area contributed by atoms with E-state index in [0.717, 1.165) is 4.74 Å². The van der Waals surface area contributed by atoms with E-state index in [9.17, 15) is 9.60 Å². The molecule has 2 aromatic carbocycles. The minimum absolute atomic E-state index is 0.265. The van der Waals surface area contributed by atoms with Gasteiger partial charge in [0.2, 0.25) is 5.69 Å². The van der Waals surface area contributed by atoms with Gasteiger partial charge in [-0.05, 0) is 30.7 Å². The molecule has 0 N–H and O–H groups in total. The first-order valence-electron chi connectivity index (χ1n) is 5.29. The highest BCUT2D eigenvalue weighted by Crippen LogP contribution is 2.11. The van der Waals surface area contributed by atoms with Crippen molar-refractivity contribution in [2.45, 2.75) is 6.92 Å². The van der Waals surface area contributed by atoms with Crippen molar-refractivity contribution in [2.75, 3.05) is 0 Å². The molecule has 0 radical (unpaired) electrons. The summed E-state index contributed by atoms with van der Waals surface area (Å²) in [5.41, 5.74) is 1.76. The van der Waals surface area contributed by atoms with E-state index in [1.54, 1.807) is 43.3 Å². The summed E-state index contributed by atoms with van der Waals surface area (Å²) in [5, 5.41) is 11.8. The van der Waals surface area contributed by atoms with Crippen LogP contribution in [0.5, 0.6) is 0 Å².